The summed E-state index contributed by atoms with van der Waals surface area (Å²) in [6.45, 7) is 6.53. The molecule has 142 valence electrons. The number of ketones is 1. The predicted octanol–water partition coefficient (Wildman–Crippen LogP) is 0.741. The number of fused-ring (bicyclic) bond motifs is 1. The van der Waals surface area contributed by atoms with Crippen molar-refractivity contribution in [2.45, 2.75) is 63.3 Å². The Morgan fingerprint density at radius 2 is 1.96 bits per heavy atom. The molecule has 3 N–H and O–H groups in total. The highest BCUT2D eigenvalue weighted by molar-refractivity contribution is 6.05. The van der Waals surface area contributed by atoms with Gasteiger partial charge in [0.15, 0.2) is 12.1 Å². The lowest BCUT2D eigenvalue weighted by atomic mass is 9.35. The Balaban J connectivity index is 1.67. The van der Waals surface area contributed by atoms with Gasteiger partial charge in [0, 0.05) is 17.3 Å². The van der Waals surface area contributed by atoms with Crippen LogP contribution >= 0.6 is 0 Å². The van der Waals surface area contributed by atoms with Crippen molar-refractivity contribution in [3.8, 4) is 0 Å². The van der Waals surface area contributed by atoms with Crippen molar-refractivity contribution in [1.82, 2.24) is 0 Å². The smallest absolute Gasteiger partial charge is 0.211 e. The van der Waals surface area contributed by atoms with Gasteiger partial charge in [-0.25, -0.2) is 0 Å². The molecule has 7 aliphatic rings. The van der Waals surface area contributed by atoms with E-state index >= 15 is 0 Å². The Morgan fingerprint density at radius 3 is 2.73 bits per heavy atom. The Labute approximate surface area is 152 Å². The third kappa shape index (κ3) is 1.24. The minimum atomic E-state index is -2.12. The normalized spacial score (nSPS) is 65.2. The number of carbonyl (C=O) groups is 1. The van der Waals surface area contributed by atoms with Crippen LogP contribution in [0, 0.1) is 34.0 Å². The summed E-state index contributed by atoms with van der Waals surface area (Å²) in [6, 6.07) is 0. The first-order valence-corrected chi connectivity index (χ1v) is 9.87. The van der Waals surface area contributed by atoms with Crippen LogP contribution in [0.25, 0.3) is 0 Å². The summed E-state index contributed by atoms with van der Waals surface area (Å²) in [5.41, 5.74) is -1.94. The van der Waals surface area contributed by atoms with Gasteiger partial charge in [-0.1, -0.05) is 19.9 Å². The van der Waals surface area contributed by atoms with Gasteiger partial charge in [-0.3, -0.25) is 4.79 Å². The average molecular weight is 362 g/mol. The third-order valence-electron chi connectivity index (χ3n) is 9.21. The number of hydrogen-bond acceptors (Lipinski definition) is 6. The molecule has 0 amide bonds. The first kappa shape index (κ1) is 16.2. The zero-order valence-electron chi connectivity index (χ0n) is 15.0. The second-order valence-corrected chi connectivity index (χ2v) is 9.90. The molecule has 0 aromatic carbocycles. The maximum absolute atomic E-state index is 13.4. The second-order valence-electron chi connectivity index (χ2n) is 9.90. The van der Waals surface area contributed by atoms with Gasteiger partial charge in [0.1, 0.15) is 11.5 Å². The largest absolute Gasteiger partial charge is 0.391 e. The van der Waals surface area contributed by atoms with Crippen LogP contribution in [0.1, 0.15) is 39.0 Å². The zero-order chi connectivity index (χ0) is 18.3. The third-order valence-corrected chi connectivity index (χ3v) is 9.21. The molecule has 1 unspecified atom stereocenters. The number of carbonyl (C=O) groups excluding carboxylic acids is 1. The summed E-state index contributed by atoms with van der Waals surface area (Å²) in [6.07, 6.45) is 1.18. The molecule has 3 aliphatic heterocycles. The van der Waals surface area contributed by atoms with Crippen LogP contribution < -0.4 is 0 Å². The number of hydrogen-bond donors (Lipinski definition) is 3. The lowest BCUT2D eigenvalue weighted by Gasteiger charge is -2.77. The Bertz CT molecular complexity index is 751. The first-order chi connectivity index (χ1) is 12.2. The van der Waals surface area contributed by atoms with Gasteiger partial charge < -0.3 is 24.8 Å². The van der Waals surface area contributed by atoms with Crippen LogP contribution in [-0.2, 0) is 14.3 Å². The van der Waals surface area contributed by atoms with E-state index in [1.165, 1.54) is 0 Å². The molecule has 7 bridgehead atoms. The van der Waals surface area contributed by atoms with E-state index in [9.17, 15) is 20.1 Å². The van der Waals surface area contributed by atoms with E-state index in [4.69, 9.17) is 9.47 Å². The fourth-order valence-corrected chi connectivity index (χ4v) is 8.44. The van der Waals surface area contributed by atoms with Crippen LogP contribution in [0.5, 0.6) is 0 Å². The van der Waals surface area contributed by atoms with Crippen LogP contribution in [0.15, 0.2) is 12.2 Å². The number of ether oxygens (including phenoxy) is 2. The van der Waals surface area contributed by atoms with Crippen LogP contribution in [0.3, 0.4) is 0 Å². The van der Waals surface area contributed by atoms with Crippen LogP contribution in [-0.4, -0.2) is 52.0 Å². The highest BCUT2D eigenvalue weighted by Gasteiger charge is 2.88. The topological polar surface area (TPSA) is 96.2 Å². The van der Waals surface area contributed by atoms with Gasteiger partial charge in [-0.2, -0.15) is 0 Å². The Hall–Kier alpha value is -0.790. The number of aliphatic hydroxyl groups is 3. The van der Waals surface area contributed by atoms with Gasteiger partial charge in [0.2, 0.25) is 5.79 Å². The van der Waals surface area contributed by atoms with Gasteiger partial charge in [0.25, 0.3) is 0 Å². The van der Waals surface area contributed by atoms with Crippen molar-refractivity contribution in [2.24, 2.45) is 34.0 Å². The fourth-order valence-electron chi connectivity index (χ4n) is 8.44. The van der Waals surface area contributed by atoms with E-state index < -0.39 is 35.1 Å². The maximum Gasteiger partial charge on any atom is 0.211 e. The summed E-state index contributed by atoms with van der Waals surface area (Å²) in [7, 11) is 0. The molecule has 6 nitrogen and oxygen atoms in total. The van der Waals surface area contributed by atoms with Crippen molar-refractivity contribution in [1.29, 1.82) is 0 Å². The molecular formula is C20H26O6. The second kappa shape index (κ2) is 4.28. The molecule has 3 saturated heterocycles. The number of Topliss-reactive ketones (excluding diaryl/α,β-unsaturated/α-hetero) is 1. The molecule has 3 heterocycles. The van der Waals surface area contributed by atoms with E-state index in [1.54, 1.807) is 0 Å². The molecule has 6 heteroatoms. The van der Waals surface area contributed by atoms with Crippen LogP contribution in [0.4, 0.5) is 0 Å². The first-order valence-electron chi connectivity index (χ1n) is 9.87. The molecule has 0 aromatic rings. The Kier molecular flexibility index (Phi) is 2.66. The number of rotatable bonds is 0. The lowest BCUT2D eigenvalue weighted by molar-refractivity contribution is -0.522. The summed E-state index contributed by atoms with van der Waals surface area (Å²) in [5, 5.41) is 34.3. The quantitative estimate of drug-likeness (QED) is 0.550. The van der Waals surface area contributed by atoms with Crippen molar-refractivity contribution >= 4 is 5.78 Å². The summed E-state index contributed by atoms with van der Waals surface area (Å²) in [5.74, 6) is -3.25. The van der Waals surface area contributed by atoms with Crippen molar-refractivity contribution < 1.29 is 29.6 Å². The van der Waals surface area contributed by atoms with Gasteiger partial charge in [-0.05, 0) is 42.6 Å². The lowest BCUT2D eigenvalue weighted by Crippen LogP contribution is -2.87. The molecule has 4 aliphatic carbocycles. The highest BCUT2D eigenvalue weighted by atomic mass is 16.8. The zero-order valence-corrected chi connectivity index (χ0v) is 15.0. The molecule has 7 rings (SSSR count). The molecule has 2 spiro atoms. The van der Waals surface area contributed by atoms with E-state index in [0.29, 0.717) is 18.6 Å². The average Bonchev–Trinajstić information content (AvgIpc) is 2.70. The van der Waals surface area contributed by atoms with Crippen molar-refractivity contribution in [2.75, 3.05) is 6.61 Å². The standard InChI is InChI=1S/C20H26O6/c1-9-10-4-5-11-18-7-3-6-17(2)8-25-16(18)26-20(24,15(23)12(17)18)19(11,13(9)21)14(10)22/h10-12,14-16,22-24H,1,3-8H2,2H3/t10-,11-,12+,14+,15-,16?,17-,18+,19-,20-/m0/s1. The molecular weight excluding hydrogens is 336 g/mol. The van der Waals surface area contributed by atoms with Crippen molar-refractivity contribution in [3.05, 3.63) is 12.2 Å². The molecule has 4 saturated carbocycles. The van der Waals surface area contributed by atoms with E-state index in [2.05, 4.69) is 13.5 Å². The molecule has 10 atom stereocenters. The maximum atomic E-state index is 13.4. The molecule has 26 heavy (non-hydrogen) atoms. The highest BCUT2D eigenvalue weighted by Crippen LogP contribution is 2.79. The molecule has 7 fully saturated rings. The summed E-state index contributed by atoms with van der Waals surface area (Å²) >= 11 is 0. The minimum Gasteiger partial charge on any atom is -0.391 e. The van der Waals surface area contributed by atoms with Gasteiger partial charge in [-0.15, -0.1) is 0 Å². The van der Waals surface area contributed by atoms with E-state index in [-0.39, 0.29) is 29.0 Å². The van der Waals surface area contributed by atoms with Gasteiger partial charge in [0.05, 0.1) is 12.7 Å². The fraction of sp³-hybridized carbons (Fsp3) is 0.850. The number of aliphatic hydroxyl groups excluding tert-OH is 2. The van der Waals surface area contributed by atoms with E-state index in [0.717, 1.165) is 25.7 Å². The SMILES string of the molecule is C=C1C(=O)[C@]23[C@H](O)[C@H]1CC[C@H]2[C@@]12CCC[C@@]4(C)COC1O[C@@]3(O)[C@@H](O)[C@H]42. The van der Waals surface area contributed by atoms with Crippen LogP contribution in [0.2, 0.25) is 0 Å². The van der Waals surface area contributed by atoms with E-state index in [1.807, 2.05) is 0 Å². The van der Waals surface area contributed by atoms with Gasteiger partial charge >= 0.3 is 0 Å². The molecule has 0 radical (unpaired) electrons. The monoisotopic (exact) mass is 362 g/mol. The minimum absolute atomic E-state index is 0.192. The summed E-state index contributed by atoms with van der Waals surface area (Å²) < 4.78 is 12.1. The Morgan fingerprint density at radius 1 is 1.19 bits per heavy atom. The molecule has 0 aromatic heterocycles. The summed E-state index contributed by atoms with van der Waals surface area (Å²) in [4.78, 5) is 13.4. The predicted molar refractivity (Wildman–Crippen MR) is 88.5 cm³/mol. The van der Waals surface area contributed by atoms with Crippen molar-refractivity contribution in [3.63, 3.8) is 0 Å².